The van der Waals surface area contributed by atoms with Gasteiger partial charge in [-0.25, -0.2) is 14.2 Å². The highest BCUT2D eigenvalue weighted by Crippen LogP contribution is 2.46. The second-order valence-electron chi connectivity index (χ2n) is 10.1. The Kier molecular flexibility index (Phi) is 7.16. The number of nitrogens with zero attached hydrogens (tertiary/aromatic N) is 2. The lowest BCUT2D eigenvalue weighted by Crippen LogP contribution is -2.56. The molecule has 2 aliphatic rings. The zero-order valence-electron chi connectivity index (χ0n) is 21.9. The number of benzene rings is 2. The van der Waals surface area contributed by atoms with Crippen molar-refractivity contribution in [2.45, 2.75) is 44.4 Å². The van der Waals surface area contributed by atoms with Gasteiger partial charge in [0.1, 0.15) is 11.6 Å². The number of anilines is 2. The van der Waals surface area contributed by atoms with Gasteiger partial charge in [-0.15, -0.1) is 0 Å². The molecule has 2 N–H and O–H groups in total. The number of carbonyl (C=O) groups excluding carboxylic acids is 2. The number of rotatable bonds is 8. The van der Waals surface area contributed by atoms with Crippen molar-refractivity contribution < 1.29 is 31.9 Å². The number of pyridine rings is 1. The first kappa shape index (κ1) is 27.4. The van der Waals surface area contributed by atoms with Crippen LogP contribution in [0, 0.1) is 12.7 Å². The van der Waals surface area contributed by atoms with Gasteiger partial charge in [0.15, 0.2) is 0 Å². The largest absolute Gasteiger partial charge is 0.462 e. The van der Waals surface area contributed by atoms with Crippen molar-refractivity contribution >= 4 is 23.4 Å². The van der Waals surface area contributed by atoms with Crippen LogP contribution in [-0.4, -0.2) is 42.6 Å². The van der Waals surface area contributed by atoms with E-state index in [9.17, 15) is 27.2 Å². The highest BCUT2D eigenvalue weighted by molar-refractivity contribution is 6.00. The highest BCUT2D eigenvalue weighted by atomic mass is 19.4. The SMILES string of the molecule is CCOC(=O)c1ccc(C2(NC(=O)c3cc(C(F)(F)F)cnc3N3CC(Nc4ccc(F)cc4C)C3)CC2)cc1. The van der Waals surface area contributed by atoms with Gasteiger partial charge < -0.3 is 20.3 Å². The fourth-order valence-corrected chi connectivity index (χ4v) is 4.82. The number of carbonyl (C=O) groups is 2. The molecule has 3 aromatic rings. The number of hydrogen-bond donors (Lipinski definition) is 2. The summed E-state index contributed by atoms with van der Waals surface area (Å²) in [6, 6.07) is 11.8. The fraction of sp³-hybridized carbons (Fsp3) is 0.345. The molecule has 1 saturated heterocycles. The molecule has 1 saturated carbocycles. The number of amides is 1. The molecule has 0 bridgehead atoms. The molecular weight excluding hydrogens is 528 g/mol. The van der Waals surface area contributed by atoms with Crippen molar-refractivity contribution in [1.82, 2.24) is 10.3 Å². The van der Waals surface area contributed by atoms with Gasteiger partial charge >= 0.3 is 12.1 Å². The van der Waals surface area contributed by atoms with Crippen LogP contribution in [0.25, 0.3) is 0 Å². The molecule has 0 atom stereocenters. The number of nitrogens with one attached hydrogen (secondary N) is 2. The summed E-state index contributed by atoms with van der Waals surface area (Å²) in [5, 5.41) is 6.22. The molecule has 1 aromatic heterocycles. The van der Waals surface area contributed by atoms with E-state index in [4.69, 9.17) is 4.74 Å². The van der Waals surface area contributed by atoms with Gasteiger partial charge in [-0.2, -0.15) is 13.2 Å². The first-order valence-corrected chi connectivity index (χ1v) is 12.9. The van der Waals surface area contributed by atoms with E-state index in [2.05, 4.69) is 15.6 Å². The van der Waals surface area contributed by atoms with Gasteiger partial charge in [-0.1, -0.05) is 12.1 Å². The second-order valence-corrected chi connectivity index (χ2v) is 10.1. The Hall–Kier alpha value is -4.15. The molecule has 0 radical (unpaired) electrons. The van der Waals surface area contributed by atoms with Crippen LogP contribution in [0.4, 0.5) is 29.1 Å². The summed E-state index contributed by atoms with van der Waals surface area (Å²) in [5.74, 6) is -1.30. The lowest BCUT2D eigenvalue weighted by atomic mass is 10.0. The number of esters is 1. The maximum Gasteiger partial charge on any atom is 0.417 e. The van der Waals surface area contributed by atoms with E-state index < -0.39 is 29.2 Å². The molecule has 2 aromatic carbocycles. The first-order valence-electron chi connectivity index (χ1n) is 12.9. The molecule has 1 aliphatic heterocycles. The molecule has 0 unspecified atom stereocenters. The van der Waals surface area contributed by atoms with E-state index in [1.54, 1.807) is 49.1 Å². The minimum Gasteiger partial charge on any atom is -0.462 e. The fourth-order valence-electron chi connectivity index (χ4n) is 4.82. The molecular formula is C29H28F4N4O3. The zero-order valence-corrected chi connectivity index (χ0v) is 21.9. The Balaban J connectivity index is 1.34. The molecule has 1 amide bonds. The molecule has 11 heteroatoms. The van der Waals surface area contributed by atoms with Gasteiger partial charge in [0, 0.05) is 25.0 Å². The molecule has 2 heterocycles. The minimum absolute atomic E-state index is 0.0585. The summed E-state index contributed by atoms with van der Waals surface area (Å²) in [6.07, 6.45) is -2.73. The normalized spacial score (nSPS) is 16.2. The predicted molar refractivity (Wildman–Crippen MR) is 141 cm³/mol. The average Bonchev–Trinajstić information content (AvgIpc) is 3.67. The smallest absolute Gasteiger partial charge is 0.417 e. The van der Waals surface area contributed by atoms with Crippen LogP contribution in [0.3, 0.4) is 0 Å². The average molecular weight is 557 g/mol. The number of aromatic nitrogens is 1. The van der Waals surface area contributed by atoms with Crippen LogP contribution in [0.1, 0.15) is 57.2 Å². The summed E-state index contributed by atoms with van der Waals surface area (Å²) in [4.78, 5) is 31.2. The number of aryl methyl sites for hydroxylation is 1. The van der Waals surface area contributed by atoms with Crippen LogP contribution >= 0.6 is 0 Å². The quantitative estimate of drug-likeness (QED) is 0.284. The lowest BCUT2D eigenvalue weighted by Gasteiger charge is -2.42. The molecule has 1 aliphatic carbocycles. The van der Waals surface area contributed by atoms with Crippen LogP contribution in [0.2, 0.25) is 0 Å². The van der Waals surface area contributed by atoms with Crippen LogP contribution in [-0.2, 0) is 16.5 Å². The topological polar surface area (TPSA) is 83.6 Å². The number of halogens is 4. The summed E-state index contributed by atoms with van der Waals surface area (Å²) in [7, 11) is 0. The molecule has 0 spiro atoms. The van der Waals surface area contributed by atoms with E-state index in [-0.39, 0.29) is 29.8 Å². The predicted octanol–water partition coefficient (Wildman–Crippen LogP) is 5.44. The number of alkyl halides is 3. The van der Waals surface area contributed by atoms with Gasteiger partial charge in [0.05, 0.1) is 34.9 Å². The van der Waals surface area contributed by atoms with Crippen molar-refractivity contribution in [3.05, 3.63) is 88.4 Å². The van der Waals surface area contributed by atoms with Crippen molar-refractivity contribution in [1.29, 1.82) is 0 Å². The highest BCUT2D eigenvalue weighted by Gasteiger charge is 2.46. The van der Waals surface area contributed by atoms with Gasteiger partial charge in [-0.05, 0) is 74.2 Å². The third kappa shape index (κ3) is 5.59. The summed E-state index contributed by atoms with van der Waals surface area (Å²) < 4.78 is 59.1. The van der Waals surface area contributed by atoms with E-state index in [0.717, 1.165) is 29.1 Å². The van der Waals surface area contributed by atoms with Crippen LogP contribution in [0.5, 0.6) is 0 Å². The van der Waals surface area contributed by atoms with Crippen molar-refractivity contribution in [2.75, 3.05) is 29.9 Å². The maximum absolute atomic E-state index is 13.5. The van der Waals surface area contributed by atoms with E-state index in [1.165, 1.54) is 12.1 Å². The molecule has 210 valence electrons. The van der Waals surface area contributed by atoms with Crippen molar-refractivity contribution in [2.24, 2.45) is 0 Å². The van der Waals surface area contributed by atoms with Gasteiger partial charge in [0.2, 0.25) is 0 Å². The zero-order chi connectivity index (χ0) is 28.7. The Labute approximate surface area is 228 Å². The first-order chi connectivity index (χ1) is 19.0. The van der Waals surface area contributed by atoms with Crippen molar-refractivity contribution in [3.8, 4) is 0 Å². The van der Waals surface area contributed by atoms with E-state index in [1.807, 2.05) is 0 Å². The standard InChI is InChI=1S/C29H28F4N4O3/c1-3-40-27(39)18-4-6-19(7-5-18)28(10-11-28)36-26(38)23-13-20(29(31,32)33)14-34-25(23)37-15-22(16-37)35-24-9-8-21(30)12-17(24)2/h4-9,12-14,22,35H,3,10-11,15-16H2,1-2H3,(H,36,38). The second kappa shape index (κ2) is 10.4. The van der Waals surface area contributed by atoms with Crippen LogP contribution < -0.4 is 15.5 Å². The monoisotopic (exact) mass is 556 g/mol. The summed E-state index contributed by atoms with van der Waals surface area (Å²) in [5.41, 5.74) is 0.690. The van der Waals surface area contributed by atoms with Gasteiger partial charge in [-0.3, -0.25) is 4.79 Å². The molecule has 2 fully saturated rings. The molecule has 40 heavy (non-hydrogen) atoms. The summed E-state index contributed by atoms with van der Waals surface area (Å²) in [6.45, 7) is 4.53. The Bertz CT molecular complexity index is 1430. The Morgan fingerprint density at radius 1 is 1.10 bits per heavy atom. The van der Waals surface area contributed by atoms with E-state index in [0.29, 0.717) is 31.5 Å². The maximum atomic E-state index is 13.5. The number of ether oxygens (including phenoxy) is 1. The van der Waals surface area contributed by atoms with Gasteiger partial charge in [0.25, 0.3) is 5.91 Å². The van der Waals surface area contributed by atoms with E-state index >= 15 is 0 Å². The third-order valence-electron chi connectivity index (χ3n) is 7.22. The van der Waals surface area contributed by atoms with Crippen molar-refractivity contribution in [3.63, 3.8) is 0 Å². The Morgan fingerprint density at radius 3 is 2.40 bits per heavy atom. The molecule has 7 nitrogen and oxygen atoms in total. The third-order valence-corrected chi connectivity index (χ3v) is 7.22. The Morgan fingerprint density at radius 2 is 1.80 bits per heavy atom. The summed E-state index contributed by atoms with van der Waals surface area (Å²) >= 11 is 0. The molecule has 5 rings (SSSR count). The lowest BCUT2D eigenvalue weighted by molar-refractivity contribution is -0.137. The minimum atomic E-state index is -4.67. The van der Waals surface area contributed by atoms with Crippen LogP contribution in [0.15, 0.2) is 54.7 Å². The number of hydrogen-bond acceptors (Lipinski definition) is 6.